The van der Waals surface area contributed by atoms with Gasteiger partial charge < -0.3 is 24.6 Å². The number of para-hydroxylation sites is 1. The monoisotopic (exact) mass is 334 g/mol. The van der Waals surface area contributed by atoms with Crippen LogP contribution in [0.25, 0.3) is 11.0 Å². The molecular weight excluding hydrogens is 312 g/mol. The van der Waals surface area contributed by atoms with Gasteiger partial charge in [-0.25, -0.2) is 4.98 Å². The summed E-state index contributed by atoms with van der Waals surface area (Å²) in [4.78, 5) is 16.9. The van der Waals surface area contributed by atoms with E-state index in [1.807, 2.05) is 18.2 Å². The van der Waals surface area contributed by atoms with E-state index in [0.717, 1.165) is 17.5 Å². The second-order valence-corrected chi connectivity index (χ2v) is 6.81. The van der Waals surface area contributed by atoms with Crippen molar-refractivity contribution in [3.05, 3.63) is 34.1 Å². The first-order valence-electron chi connectivity index (χ1n) is 7.99. The quantitative estimate of drug-likeness (QED) is 0.720. The Bertz CT molecular complexity index is 814. The van der Waals surface area contributed by atoms with Gasteiger partial charge in [0.15, 0.2) is 0 Å². The number of hydrogen-bond acceptors (Lipinski definition) is 6. The molecule has 24 heavy (non-hydrogen) atoms. The number of rotatable bonds is 5. The molecular formula is C17H22N2O5. The van der Waals surface area contributed by atoms with Crippen LogP contribution < -0.4 is 10.3 Å². The smallest absolute Gasteiger partial charge is 0.313 e. The summed E-state index contributed by atoms with van der Waals surface area (Å²) in [6.07, 6.45) is -1.79. The van der Waals surface area contributed by atoms with Gasteiger partial charge in [-0.1, -0.05) is 26.0 Å². The van der Waals surface area contributed by atoms with E-state index in [0.29, 0.717) is 12.1 Å². The number of aliphatic hydroxyl groups is 3. The van der Waals surface area contributed by atoms with Crippen molar-refractivity contribution in [1.82, 2.24) is 9.55 Å². The van der Waals surface area contributed by atoms with Crippen LogP contribution in [0, 0.1) is 0 Å². The topological polar surface area (TPSA) is 105 Å². The third kappa shape index (κ3) is 2.79. The summed E-state index contributed by atoms with van der Waals surface area (Å²) in [7, 11) is 0. The van der Waals surface area contributed by atoms with E-state index in [1.165, 1.54) is 0 Å². The molecule has 2 aromatic rings. The van der Waals surface area contributed by atoms with E-state index >= 15 is 0 Å². The molecule has 0 amide bonds. The van der Waals surface area contributed by atoms with Crippen molar-refractivity contribution in [2.45, 2.75) is 44.4 Å². The highest BCUT2D eigenvalue weighted by Gasteiger charge is 2.30. The van der Waals surface area contributed by atoms with Crippen molar-refractivity contribution in [2.24, 2.45) is 0 Å². The van der Waals surface area contributed by atoms with Crippen LogP contribution in [0.1, 0.15) is 25.8 Å². The maximum Gasteiger partial charge on any atom is 0.313 e. The largest absolute Gasteiger partial charge is 0.471 e. The van der Waals surface area contributed by atoms with Gasteiger partial charge in [-0.15, -0.1) is 0 Å². The lowest BCUT2D eigenvalue weighted by Gasteiger charge is -2.32. The minimum Gasteiger partial charge on any atom is -0.471 e. The number of hydrogen-bond donors (Lipinski definition) is 3. The average Bonchev–Trinajstić information content (AvgIpc) is 2.57. The highest BCUT2D eigenvalue weighted by molar-refractivity contribution is 5.80. The molecule has 1 aliphatic heterocycles. The molecule has 0 fully saturated rings. The fourth-order valence-electron chi connectivity index (χ4n) is 3.06. The van der Waals surface area contributed by atoms with Crippen LogP contribution in [0.15, 0.2) is 23.0 Å². The summed E-state index contributed by atoms with van der Waals surface area (Å²) < 4.78 is 6.98. The molecule has 7 heteroatoms. The van der Waals surface area contributed by atoms with Crippen molar-refractivity contribution in [3.63, 3.8) is 0 Å². The Kier molecular flexibility index (Phi) is 4.33. The molecule has 2 atom stereocenters. The first kappa shape index (κ1) is 16.9. The molecule has 1 aliphatic rings. The van der Waals surface area contributed by atoms with Gasteiger partial charge in [0.05, 0.1) is 17.6 Å². The molecule has 3 N–H and O–H groups in total. The van der Waals surface area contributed by atoms with Crippen LogP contribution >= 0.6 is 0 Å². The molecule has 0 spiro atoms. The highest BCUT2D eigenvalue weighted by atomic mass is 16.5. The van der Waals surface area contributed by atoms with Crippen molar-refractivity contribution < 1.29 is 20.1 Å². The summed E-state index contributed by atoms with van der Waals surface area (Å²) in [5.74, 6) is -0.108. The van der Waals surface area contributed by atoms with Crippen molar-refractivity contribution in [3.8, 4) is 5.88 Å². The standard InChI is InChI=1S/C17H22N2O5/c1-17(2)6-7-19-14-10(17)4-3-5-11(14)18-15(16(19)23)24-9-13(22)12(21)8-20/h3-5,12-13,20-22H,6-9H2,1-2H3/t12-,13-/m0/s1. The Morgan fingerprint density at radius 1 is 1.33 bits per heavy atom. The summed E-state index contributed by atoms with van der Waals surface area (Å²) in [5.41, 5.74) is 2.18. The van der Waals surface area contributed by atoms with Crippen molar-refractivity contribution in [1.29, 1.82) is 0 Å². The number of aliphatic hydroxyl groups excluding tert-OH is 3. The van der Waals surface area contributed by atoms with Crippen molar-refractivity contribution >= 4 is 11.0 Å². The van der Waals surface area contributed by atoms with E-state index < -0.39 is 18.8 Å². The molecule has 1 aromatic heterocycles. The Morgan fingerprint density at radius 2 is 2.08 bits per heavy atom. The SMILES string of the molecule is CC1(C)CCn2c(=O)c(OC[C@H](O)[C@@H](O)CO)nc3cccc1c32. The zero-order valence-electron chi connectivity index (χ0n) is 13.8. The van der Waals surface area contributed by atoms with Crippen LogP contribution in [-0.2, 0) is 12.0 Å². The molecule has 0 radical (unpaired) electrons. The lowest BCUT2D eigenvalue weighted by Crippen LogP contribution is -2.37. The maximum atomic E-state index is 12.6. The number of aryl methyl sites for hydroxylation is 1. The molecule has 1 aromatic carbocycles. The van der Waals surface area contributed by atoms with Crippen LogP contribution in [0.4, 0.5) is 0 Å². The molecule has 2 heterocycles. The number of nitrogens with zero attached hydrogens (tertiary/aromatic N) is 2. The fourth-order valence-corrected chi connectivity index (χ4v) is 3.06. The van der Waals surface area contributed by atoms with E-state index in [2.05, 4.69) is 18.8 Å². The Hall–Kier alpha value is -1.96. The molecule has 0 saturated carbocycles. The van der Waals surface area contributed by atoms with Crippen LogP contribution in [0.3, 0.4) is 0 Å². The zero-order chi connectivity index (χ0) is 17.5. The van der Waals surface area contributed by atoms with Gasteiger partial charge in [-0.3, -0.25) is 4.79 Å². The van der Waals surface area contributed by atoms with Gasteiger partial charge in [0.1, 0.15) is 18.8 Å². The first-order chi connectivity index (χ1) is 11.3. The fraction of sp³-hybridized carbons (Fsp3) is 0.529. The number of ether oxygens (including phenoxy) is 1. The van der Waals surface area contributed by atoms with Gasteiger partial charge in [0, 0.05) is 6.54 Å². The Morgan fingerprint density at radius 3 is 2.79 bits per heavy atom. The summed E-state index contributed by atoms with van der Waals surface area (Å²) in [6.45, 7) is 3.96. The third-order valence-corrected chi connectivity index (χ3v) is 4.65. The van der Waals surface area contributed by atoms with Crippen LogP contribution in [-0.4, -0.2) is 50.3 Å². The van der Waals surface area contributed by atoms with Gasteiger partial charge in [-0.2, -0.15) is 0 Å². The maximum absolute atomic E-state index is 12.6. The normalized spacial score (nSPS) is 18.4. The molecule has 0 saturated heterocycles. The predicted molar refractivity (Wildman–Crippen MR) is 88.2 cm³/mol. The lowest BCUT2D eigenvalue weighted by atomic mass is 9.79. The lowest BCUT2D eigenvalue weighted by molar-refractivity contribution is -0.0348. The Labute approximate surface area is 139 Å². The summed E-state index contributed by atoms with van der Waals surface area (Å²) in [5, 5.41) is 27.8. The number of aromatic nitrogens is 2. The number of benzene rings is 1. The van der Waals surface area contributed by atoms with Gasteiger partial charge in [-0.05, 0) is 23.5 Å². The second-order valence-electron chi connectivity index (χ2n) is 6.81. The molecule has 7 nitrogen and oxygen atoms in total. The van der Waals surface area contributed by atoms with E-state index in [-0.39, 0.29) is 23.5 Å². The van der Waals surface area contributed by atoms with E-state index in [1.54, 1.807) is 4.57 Å². The van der Waals surface area contributed by atoms with Crippen LogP contribution in [0.5, 0.6) is 5.88 Å². The second kappa shape index (κ2) is 6.16. The average molecular weight is 334 g/mol. The van der Waals surface area contributed by atoms with Crippen molar-refractivity contribution in [2.75, 3.05) is 13.2 Å². The van der Waals surface area contributed by atoms with Gasteiger partial charge >= 0.3 is 5.56 Å². The molecule has 0 bridgehead atoms. The molecule has 130 valence electrons. The van der Waals surface area contributed by atoms with E-state index in [4.69, 9.17) is 9.84 Å². The summed E-state index contributed by atoms with van der Waals surface area (Å²) >= 11 is 0. The van der Waals surface area contributed by atoms with Crippen LogP contribution in [0.2, 0.25) is 0 Å². The Balaban J connectivity index is 2.02. The minimum atomic E-state index is -1.32. The predicted octanol–water partition coefficient (Wildman–Crippen LogP) is 0.171. The first-order valence-corrected chi connectivity index (χ1v) is 7.99. The molecule has 0 unspecified atom stereocenters. The molecule has 0 aliphatic carbocycles. The van der Waals surface area contributed by atoms with Gasteiger partial charge in [0.25, 0.3) is 5.88 Å². The van der Waals surface area contributed by atoms with E-state index in [9.17, 15) is 15.0 Å². The minimum absolute atomic E-state index is 0.0303. The zero-order valence-corrected chi connectivity index (χ0v) is 13.8. The highest BCUT2D eigenvalue weighted by Crippen LogP contribution is 2.36. The summed E-state index contributed by atoms with van der Waals surface area (Å²) in [6, 6.07) is 5.74. The van der Waals surface area contributed by atoms with Gasteiger partial charge in [0.2, 0.25) is 0 Å². The third-order valence-electron chi connectivity index (χ3n) is 4.65. The molecule has 3 rings (SSSR count).